The Balaban J connectivity index is 2.26. The molecule has 2 aliphatic rings. The van der Waals surface area contributed by atoms with E-state index in [4.69, 9.17) is 9.47 Å². The summed E-state index contributed by atoms with van der Waals surface area (Å²) >= 11 is 0. The predicted molar refractivity (Wildman–Crippen MR) is 119 cm³/mol. The van der Waals surface area contributed by atoms with Crippen molar-refractivity contribution in [1.29, 1.82) is 0 Å². The minimum absolute atomic E-state index is 0.0607. The van der Waals surface area contributed by atoms with E-state index in [0.717, 1.165) is 9.31 Å². The SMILES string of the molecule is C=NNN(C(=O)OC(C)(C)C)C1=N[C@]2(C)c3cc([N+](=O)[O-])ccc3OCC[C@@H]2S(=O)(=O)N1C. The van der Waals surface area contributed by atoms with Crippen molar-refractivity contribution < 1.29 is 27.6 Å². The summed E-state index contributed by atoms with van der Waals surface area (Å²) in [5, 5.41) is 14.5. The highest BCUT2D eigenvalue weighted by Gasteiger charge is 2.54. The van der Waals surface area contributed by atoms with Crippen LogP contribution in [-0.2, 0) is 20.3 Å². The zero-order valence-corrected chi connectivity index (χ0v) is 19.7. The maximum absolute atomic E-state index is 13.6. The third-order valence-corrected chi connectivity index (χ3v) is 7.63. The van der Waals surface area contributed by atoms with Gasteiger partial charge in [0.2, 0.25) is 16.0 Å². The number of sulfonamides is 1. The van der Waals surface area contributed by atoms with Gasteiger partial charge in [-0.1, -0.05) is 0 Å². The number of hydrogen-bond donors (Lipinski definition) is 1. The molecule has 0 saturated heterocycles. The third kappa shape index (κ3) is 4.29. The molecule has 0 spiro atoms. The molecule has 0 fully saturated rings. The Morgan fingerprint density at radius 2 is 2.15 bits per heavy atom. The molecule has 1 aromatic rings. The Kier molecular flexibility index (Phi) is 6.00. The molecule has 14 heteroatoms. The van der Waals surface area contributed by atoms with E-state index in [2.05, 4.69) is 22.3 Å². The average Bonchev–Trinajstić information content (AvgIpc) is 2.85. The number of guanidine groups is 1. The van der Waals surface area contributed by atoms with Crippen molar-refractivity contribution in [3.8, 4) is 5.75 Å². The van der Waals surface area contributed by atoms with Gasteiger partial charge in [-0.05, 0) is 33.8 Å². The van der Waals surface area contributed by atoms with Gasteiger partial charge in [-0.3, -0.25) is 10.1 Å². The maximum Gasteiger partial charge on any atom is 0.437 e. The van der Waals surface area contributed by atoms with Crippen LogP contribution in [0.2, 0.25) is 0 Å². The average molecular weight is 483 g/mol. The molecule has 1 aromatic carbocycles. The highest BCUT2D eigenvalue weighted by atomic mass is 32.2. The molecule has 33 heavy (non-hydrogen) atoms. The summed E-state index contributed by atoms with van der Waals surface area (Å²) < 4.78 is 39.0. The van der Waals surface area contributed by atoms with E-state index in [1.165, 1.54) is 32.2 Å². The lowest BCUT2D eigenvalue weighted by atomic mass is 9.87. The number of carbonyl (C=O) groups excluding carboxylic acids is 1. The van der Waals surface area contributed by atoms with Crippen molar-refractivity contribution in [1.82, 2.24) is 14.8 Å². The van der Waals surface area contributed by atoms with Crippen LogP contribution in [0, 0.1) is 10.1 Å². The van der Waals surface area contributed by atoms with E-state index >= 15 is 0 Å². The van der Waals surface area contributed by atoms with Crippen molar-refractivity contribution in [3.63, 3.8) is 0 Å². The van der Waals surface area contributed by atoms with Crippen LogP contribution >= 0.6 is 0 Å². The molecule has 0 bridgehead atoms. The van der Waals surface area contributed by atoms with Gasteiger partial charge in [0.25, 0.3) is 5.69 Å². The van der Waals surface area contributed by atoms with Crippen LogP contribution in [0.4, 0.5) is 10.5 Å². The van der Waals surface area contributed by atoms with Crippen molar-refractivity contribution >= 4 is 34.5 Å². The van der Waals surface area contributed by atoms with Gasteiger partial charge in [-0.15, -0.1) is 5.01 Å². The summed E-state index contributed by atoms with van der Waals surface area (Å²) in [7, 11) is -2.86. The van der Waals surface area contributed by atoms with Crippen LogP contribution in [0.25, 0.3) is 0 Å². The summed E-state index contributed by atoms with van der Waals surface area (Å²) in [6.07, 6.45) is -0.899. The zero-order chi connectivity index (χ0) is 24.8. The first-order valence-electron chi connectivity index (χ1n) is 9.96. The summed E-state index contributed by atoms with van der Waals surface area (Å²) in [5.41, 5.74) is -0.143. The highest BCUT2D eigenvalue weighted by molar-refractivity contribution is 7.90. The highest BCUT2D eigenvalue weighted by Crippen LogP contribution is 2.46. The molecular formula is C19H26N6O7S. The standard InChI is InChI=1S/C19H26N6O7S/c1-18(2,3)32-17(26)24(22-20-5)16-21-19(4)13-11-12(25(27)28)7-8-14(13)31-10-9-15(19)33(29,30)23(16)6/h7-8,11,15,22H,5,9-10H2,1-4,6H3/t15-,19+/m0/s1. The molecule has 0 aliphatic carbocycles. The lowest BCUT2D eigenvalue weighted by Gasteiger charge is -2.42. The van der Waals surface area contributed by atoms with E-state index in [0.29, 0.717) is 0 Å². The largest absolute Gasteiger partial charge is 0.493 e. The molecular weight excluding hydrogens is 456 g/mol. The van der Waals surface area contributed by atoms with Gasteiger partial charge in [0.1, 0.15) is 22.1 Å². The number of hydrogen-bond acceptors (Lipinski definition) is 10. The summed E-state index contributed by atoms with van der Waals surface area (Å²) in [4.78, 5) is 28.3. The fraction of sp³-hybridized carbons (Fsp3) is 0.526. The van der Waals surface area contributed by atoms with Gasteiger partial charge < -0.3 is 9.47 Å². The van der Waals surface area contributed by atoms with Crippen molar-refractivity contribution in [3.05, 3.63) is 33.9 Å². The Hall–Kier alpha value is -3.42. The van der Waals surface area contributed by atoms with Crippen molar-refractivity contribution in [2.45, 2.75) is 50.5 Å². The number of hydrazine groups is 1. The van der Waals surface area contributed by atoms with Crippen LogP contribution in [0.5, 0.6) is 5.75 Å². The minimum Gasteiger partial charge on any atom is -0.493 e. The number of rotatable bonds is 3. The number of hydrazone groups is 1. The van der Waals surface area contributed by atoms with Gasteiger partial charge in [0.05, 0.1) is 11.5 Å². The Bertz CT molecular complexity index is 1130. The van der Waals surface area contributed by atoms with E-state index in [9.17, 15) is 23.3 Å². The van der Waals surface area contributed by atoms with Crippen LogP contribution in [0.15, 0.2) is 28.3 Å². The number of nitro groups is 1. The number of ether oxygens (including phenoxy) is 2. The topological polar surface area (TPSA) is 156 Å². The Morgan fingerprint density at radius 1 is 1.48 bits per heavy atom. The second kappa shape index (κ2) is 8.17. The molecule has 0 unspecified atom stereocenters. The Labute approximate surface area is 191 Å². The molecule has 1 amide bonds. The number of carbonyl (C=O) groups is 1. The normalized spacial score (nSPS) is 23.6. The molecule has 2 atom stereocenters. The molecule has 0 saturated carbocycles. The van der Waals surface area contributed by atoms with Crippen molar-refractivity contribution in [2.24, 2.45) is 10.1 Å². The Morgan fingerprint density at radius 3 is 2.73 bits per heavy atom. The number of benzene rings is 1. The number of nitrogens with zero attached hydrogens (tertiary/aromatic N) is 5. The van der Waals surface area contributed by atoms with Gasteiger partial charge in [-0.2, -0.15) is 5.10 Å². The second-order valence-electron chi connectivity index (χ2n) is 8.71. The summed E-state index contributed by atoms with van der Waals surface area (Å²) in [6, 6.07) is 3.93. The molecule has 180 valence electrons. The van der Waals surface area contributed by atoms with Gasteiger partial charge in [-0.25, -0.2) is 28.0 Å². The smallest absolute Gasteiger partial charge is 0.437 e. The minimum atomic E-state index is -4.11. The number of nitrogens with one attached hydrogen (secondary N) is 1. The monoisotopic (exact) mass is 482 g/mol. The molecule has 2 heterocycles. The van der Waals surface area contributed by atoms with E-state index < -0.39 is 37.4 Å². The van der Waals surface area contributed by atoms with Crippen LogP contribution in [0.1, 0.15) is 39.7 Å². The molecule has 0 aromatic heterocycles. The van der Waals surface area contributed by atoms with E-state index in [1.807, 2.05) is 0 Å². The third-order valence-electron chi connectivity index (χ3n) is 5.29. The lowest BCUT2D eigenvalue weighted by molar-refractivity contribution is -0.385. The number of non-ortho nitro benzene ring substituents is 1. The van der Waals surface area contributed by atoms with E-state index in [-0.39, 0.29) is 36.0 Å². The van der Waals surface area contributed by atoms with Crippen LogP contribution in [0.3, 0.4) is 0 Å². The fourth-order valence-electron chi connectivity index (χ4n) is 3.77. The van der Waals surface area contributed by atoms with Crippen LogP contribution in [-0.4, -0.2) is 65.9 Å². The first-order chi connectivity index (χ1) is 15.2. The predicted octanol–water partition coefficient (Wildman–Crippen LogP) is 1.95. The number of nitro benzene ring substituents is 1. The second-order valence-corrected chi connectivity index (χ2v) is 10.9. The molecule has 3 rings (SSSR count). The number of amides is 1. The molecule has 13 nitrogen and oxygen atoms in total. The molecule has 1 N–H and O–H groups in total. The fourth-order valence-corrected chi connectivity index (χ4v) is 5.66. The lowest BCUT2D eigenvalue weighted by Crippen LogP contribution is -2.61. The van der Waals surface area contributed by atoms with Gasteiger partial charge >= 0.3 is 6.09 Å². The summed E-state index contributed by atoms with van der Waals surface area (Å²) in [5.74, 6) is -0.0677. The molecule has 0 radical (unpaired) electrons. The first-order valence-corrected chi connectivity index (χ1v) is 11.5. The zero-order valence-electron chi connectivity index (χ0n) is 18.9. The number of aliphatic imine (C=N–C) groups is 1. The first kappa shape index (κ1) is 24.2. The summed E-state index contributed by atoms with van der Waals surface area (Å²) in [6.45, 7) is 9.81. The van der Waals surface area contributed by atoms with Gasteiger partial charge in [0, 0.05) is 37.9 Å². The maximum atomic E-state index is 13.6. The quantitative estimate of drug-likeness (QED) is 0.389. The molecule has 2 aliphatic heterocycles. The van der Waals surface area contributed by atoms with E-state index in [1.54, 1.807) is 20.8 Å². The number of fused-ring (bicyclic) bond motifs is 3. The van der Waals surface area contributed by atoms with Crippen molar-refractivity contribution in [2.75, 3.05) is 13.7 Å². The van der Waals surface area contributed by atoms with Crippen LogP contribution < -0.4 is 10.3 Å². The van der Waals surface area contributed by atoms with Gasteiger partial charge in [0.15, 0.2) is 0 Å².